The lowest BCUT2D eigenvalue weighted by molar-refractivity contribution is 0.239. The maximum absolute atomic E-state index is 5.86. The number of halogens is 1. The molecule has 0 saturated carbocycles. The van der Waals surface area contributed by atoms with Crippen molar-refractivity contribution in [2.75, 3.05) is 0 Å². The van der Waals surface area contributed by atoms with E-state index in [4.69, 9.17) is 4.74 Å². The molecule has 0 bridgehead atoms. The van der Waals surface area contributed by atoms with Crippen molar-refractivity contribution < 1.29 is 4.74 Å². The lowest BCUT2D eigenvalue weighted by atomic mass is 10.1. The fourth-order valence-corrected chi connectivity index (χ4v) is 2.85. The summed E-state index contributed by atoms with van der Waals surface area (Å²) in [6, 6.07) is 16.8. The van der Waals surface area contributed by atoms with Crippen LogP contribution in [-0.2, 0) is 6.54 Å². The van der Waals surface area contributed by atoms with Gasteiger partial charge < -0.3 is 10.1 Å². The number of benzene rings is 2. The maximum Gasteiger partial charge on any atom is 0.124 e. The molecule has 2 aromatic carbocycles. The van der Waals surface area contributed by atoms with Crippen LogP contribution < -0.4 is 10.1 Å². The first kappa shape index (κ1) is 16.1. The van der Waals surface area contributed by atoms with Gasteiger partial charge in [-0.25, -0.2) is 0 Å². The minimum atomic E-state index is 0.187. The van der Waals surface area contributed by atoms with Gasteiger partial charge in [0.1, 0.15) is 5.75 Å². The van der Waals surface area contributed by atoms with Crippen LogP contribution in [0, 0.1) is 0 Å². The first-order valence-electron chi connectivity index (χ1n) is 7.30. The molecule has 3 heteroatoms. The molecule has 0 fully saturated rings. The summed E-state index contributed by atoms with van der Waals surface area (Å²) in [4.78, 5) is 0. The van der Waals surface area contributed by atoms with Crippen molar-refractivity contribution in [3.05, 3.63) is 64.1 Å². The Kier molecular flexibility index (Phi) is 5.83. The molecule has 112 valence electrons. The highest BCUT2D eigenvalue weighted by Crippen LogP contribution is 2.24. The van der Waals surface area contributed by atoms with Crippen LogP contribution in [0.4, 0.5) is 0 Å². The van der Waals surface area contributed by atoms with Crippen LogP contribution in [0.1, 0.15) is 37.9 Å². The summed E-state index contributed by atoms with van der Waals surface area (Å²) in [6.07, 6.45) is 0.187. The quantitative estimate of drug-likeness (QED) is 0.785. The SMILES string of the molecule is CC(C)Oc1ccccc1CN[C@@H](C)c1ccccc1Br. The molecule has 1 atom stereocenters. The molecule has 0 unspecified atom stereocenters. The Morgan fingerprint density at radius 3 is 2.38 bits per heavy atom. The summed E-state index contributed by atoms with van der Waals surface area (Å²) >= 11 is 3.61. The maximum atomic E-state index is 5.86. The van der Waals surface area contributed by atoms with Crippen LogP contribution in [0.15, 0.2) is 53.0 Å². The molecule has 0 heterocycles. The minimum Gasteiger partial charge on any atom is -0.491 e. The van der Waals surface area contributed by atoms with E-state index in [1.165, 1.54) is 11.1 Å². The molecule has 0 radical (unpaired) electrons. The predicted octanol–water partition coefficient (Wildman–Crippen LogP) is 5.09. The fourth-order valence-electron chi connectivity index (χ4n) is 2.22. The van der Waals surface area contributed by atoms with Gasteiger partial charge in [-0.05, 0) is 38.5 Å². The van der Waals surface area contributed by atoms with Crippen LogP contribution in [0.2, 0.25) is 0 Å². The topological polar surface area (TPSA) is 21.3 Å². The number of ether oxygens (including phenoxy) is 1. The van der Waals surface area contributed by atoms with E-state index in [0.717, 1.165) is 16.8 Å². The fraction of sp³-hybridized carbons (Fsp3) is 0.333. The van der Waals surface area contributed by atoms with Crippen molar-refractivity contribution >= 4 is 15.9 Å². The highest BCUT2D eigenvalue weighted by molar-refractivity contribution is 9.10. The van der Waals surface area contributed by atoms with E-state index in [9.17, 15) is 0 Å². The second kappa shape index (κ2) is 7.62. The second-order valence-electron chi connectivity index (χ2n) is 5.40. The van der Waals surface area contributed by atoms with Crippen molar-refractivity contribution in [1.82, 2.24) is 5.32 Å². The molecule has 2 aromatic rings. The Hall–Kier alpha value is -1.32. The third-order valence-corrected chi connectivity index (χ3v) is 4.03. The summed E-state index contributed by atoms with van der Waals surface area (Å²) in [5.41, 5.74) is 2.45. The molecule has 0 aromatic heterocycles. The third kappa shape index (κ3) is 4.58. The highest BCUT2D eigenvalue weighted by atomic mass is 79.9. The molecule has 2 rings (SSSR count). The van der Waals surface area contributed by atoms with Gasteiger partial charge in [-0.15, -0.1) is 0 Å². The number of nitrogens with one attached hydrogen (secondary N) is 1. The Morgan fingerprint density at radius 1 is 1.00 bits per heavy atom. The summed E-state index contributed by atoms with van der Waals surface area (Å²) in [7, 11) is 0. The van der Waals surface area contributed by atoms with Gasteiger partial charge in [-0.2, -0.15) is 0 Å². The monoisotopic (exact) mass is 347 g/mol. The van der Waals surface area contributed by atoms with Gasteiger partial charge in [-0.3, -0.25) is 0 Å². The average Bonchev–Trinajstić information content (AvgIpc) is 2.46. The summed E-state index contributed by atoms with van der Waals surface area (Å²) < 4.78 is 6.99. The minimum absolute atomic E-state index is 0.187. The normalized spacial score (nSPS) is 12.4. The van der Waals surface area contributed by atoms with Gasteiger partial charge in [0, 0.05) is 22.6 Å². The van der Waals surface area contributed by atoms with Gasteiger partial charge in [0.05, 0.1) is 6.10 Å². The van der Waals surface area contributed by atoms with Crippen LogP contribution in [0.25, 0.3) is 0 Å². The van der Waals surface area contributed by atoms with Crippen molar-refractivity contribution in [2.45, 2.75) is 39.5 Å². The lowest BCUT2D eigenvalue weighted by Crippen LogP contribution is -2.19. The molecule has 0 aliphatic rings. The summed E-state index contributed by atoms with van der Waals surface area (Å²) in [5, 5.41) is 3.56. The van der Waals surface area contributed by atoms with Crippen LogP contribution in [0.5, 0.6) is 5.75 Å². The van der Waals surface area contributed by atoms with E-state index in [1.807, 2.05) is 38.1 Å². The molecule has 0 spiro atoms. The molecule has 1 N–H and O–H groups in total. The van der Waals surface area contributed by atoms with Crippen LogP contribution >= 0.6 is 15.9 Å². The highest BCUT2D eigenvalue weighted by Gasteiger charge is 2.10. The Morgan fingerprint density at radius 2 is 1.67 bits per heavy atom. The average molecular weight is 348 g/mol. The Bertz CT molecular complexity index is 583. The molecule has 0 aliphatic heterocycles. The molecule has 2 nitrogen and oxygen atoms in total. The van der Waals surface area contributed by atoms with E-state index in [2.05, 4.69) is 52.4 Å². The standard InChI is InChI=1S/C18H22BrNO/c1-13(2)21-18-11-7-4-8-15(18)12-20-14(3)16-9-5-6-10-17(16)19/h4-11,13-14,20H,12H2,1-3H3/t14-/m0/s1. The van der Waals surface area contributed by atoms with E-state index < -0.39 is 0 Å². The van der Waals surface area contributed by atoms with E-state index in [1.54, 1.807) is 0 Å². The zero-order valence-corrected chi connectivity index (χ0v) is 14.4. The largest absolute Gasteiger partial charge is 0.491 e. The molecular weight excluding hydrogens is 326 g/mol. The van der Waals surface area contributed by atoms with Gasteiger partial charge in [-0.1, -0.05) is 52.3 Å². The number of para-hydroxylation sites is 1. The Balaban J connectivity index is 2.05. The van der Waals surface area contributed by atoms with Gasteiger partial charge >= 0.3 is 0 Å². The molecule has 21 heavy (non-hydrogen) atoms. The number of hydrogen-bond acceptors (Lipinski definition) is 2. The van der Waals surface area contributed by atoms with Gasteiger partial charge in [0.25, 0.3) is 0 Å². The van der Waals surface area contributed by atoms with Crippen LogP contribution in [-0.4, -0.2) is 6.10 Å². The molecule has 0 aliphatic carbocycles. The first-order chi connectivity index (χ1) is 10.1. The van der Waals surface area contributed by atoms with Crippen molar-refractivity contribution in [3.63, 3.8) is 0 Å². The van der Waals surface area contributed by atoms with E-state index in [0.29, 0.717) is 0 Å². The van der Waals surface area contributed by atoms with Gasteiger partial charge in [0.2, 0.25) is 0 Å². The zero-order chi connectivity index (χ0) is 15.2. The summed E-state index contributed by atoms with van der Waals surface area (Å²) in [5.74, 6) is 0.958. The molecule has 0 saturated heterocycles. The molecule has 0 amide bonds. The molecular formula is C18H22BrNO. The third-order valence-electron chi connectivity index (χ3n) is 3.31. The smallest absolute Gasteiger partial charge is 0.124 e. The van der Waals surface area contributed by atoms with Crippen LogP contribution in [0.3, 0.4) is 0 Å². The lowest BCUT2D eigenvalue weighted by Gasteiger charge is -2.18. The zero-order valence-electron chi connectivity index (χ0n) is 12.8. The van der Waals surface area contributed by atoms with Crippen molar-refractivity contribution in [2.24, 2.45) is 0 Å². The Labute approximate surface area is 135 Å². The number of hydrogen-bond donors (Lipinski definition) is 1. The first-order valence-corrected chi connectivity index (χ1v) is 8.09. The second-order valence-corrected chi connectivity index (χ2v) is 6.25. The van der Waals surface area contributed by atoms with E-state index >= 15 is 0 Å². The van der Waals surface area contributed by atoms with Gasteiger partial charge in [0.15, 0.2) is 0 Å². The predicted molar refractivity (Wildman–Crippen MR) is 91.6 cm³/mol. The van der Waals surface area contributed by atoms with Crippen molar-refractivity contribution in [3.8, 4) is 5.75 Å². The van der Waals surface area contributed by atoms with Crippen molar-refractivity contribution in [1.29, 1.82) is 0 Å². The number of rotatable bonds is 6. The van der Waals surface area contributed by atoms with E-state index in [-0.39, 0.29) is 12.1 Å². The summed E-state index contributed by atoms with van der Waals surface area (Å²) in [6.45, 7) is 7.05.